The summed E-state index contributed by atoms with van der Waals surface area (Å²) >= 11 is 6.05. The van der Waals surface area contributed by atoms with Crippen LogP contribution in [0.25, 0.3) is 5.65 Å². The van der Waals surface area contributed by atoms with Crippen LogP contribution < -0.4 is 0 Å². The van der Waals surface area contributed by atoms with Crippen molar-refractivity contribution in [1.82, 2.24) is 19.5 Å². The molecule has 106 valence electrons. The second kappa shape index (κ2) is 5.38. The second-order valence-electron chi connectivity index (χ2n) is 4.99. The Morgan fingerprint density at radius 3 is 2.80 bits per heavy atom. The Kier molecular flexibility index (Phi) is 3.58. The van der Waals surface area contributed by atoms with Gasteiger partial charge in [-0.3, -0.25) is 4.40 Å². The van der Waals surface area contributed by atoms with Gasteiger partial charge in [0.25, 0.3) is 0 Å². The van der Waals surface area contributed by atoms with Crippen molar-refractivity contribution in [3.05, 3.63) is 28.7 Å². The Labute approximate surface area is 121 Å². The van der Waals surface area contributed by atoms with E-state index in [1.807, 2.05) is 0 Å². The van der Waals surface area contributed by atoms with Crippen LogP contribution in [-0.2, 0) is 6.42 Å². The predicted molar refractivity (Wildman–Crippen MR) is 74.3 cm³/mol. The molecule has 6 nitrogen and oxygen atoms in total. The minimum Gasteiger partial charge on any atom is -0.478 e. The molecule has 2 aromatic heterocycles. The van der Waals surface area contributed by atoms with Crippen molar-refractivity contribution in [1.29, 1.82) is 0 Å². The molecule has 0 unspecified atom stereocenters. The number of aromatic nitrogens is 3. The van der Waals surface area contributed by atoms with Crippen molar-refractivity contribution >= 4 is 23.2 Å². The number of carboxylic acids is 1. The molecule has 7 heteroatoms. The van der Waals surface area contributed by atoms with Crippen molar-refractivity contribution < 1.29 is 9.90 Å². The lowest BCUT2D eigenvalue weighted by Gasteiger charge is -2.13. The number of hydrogen-bond acceptors (Lipinski definition) is 4. The van der Waals surface area contributed by atoms with Gasteiger partial charge in [-0.05, 0) is 32.0 Å². The molecule has 0 spiro atoms. The van der Waals surface area contributed by atoms with Gasteiger partial charge in [0.15, 0.2) is 5.65 Å². The molecule has 0 saturated carbocycles. The van der Waals surface area contributed by atoms with Gasteiger partial charge in [-0.15, -0.1) is 10.2 Å². The number of carboxylic acid groups (broad SMARTS) is 1. The molecule has 2 aromatic rings. The molecule has 0 amide bonds. The molecule has 0 radical (unpaired) electrons. The first kappa shape index (κ1) is 13.3. The summed E-state index contributed by atoms with van der Waals surface area (Å²) in [5, 5.41) is 17.5. The molecule has 0 bridgehead atoms. The minimum absolute atomic E-state index is 0.143. The third-order valence-electron chi connectivity index (χ3n) is 3.63. The van der Waals surface area contributed by atoms with Gasteiger partial charge in [0.2, 0.25) is 0 Å². The quantitative estimate of drug-likeness (QED) is 0.930. The Morgan fingerprint density at radius 1 is 1.35 bits per heavy atom. The summed E-state index contributed by atoms with van der Waals surface area (Å²) in [5.74, 6) is -0.259. The summed E-state index contributed by atoms with van der Waals surface area (Å²) in [7, 11) is 0. The zero-order chi connectivity index (χ0) is 14.1. The van der Waals surface area contributed by atoms with Gasteiger partial charge in [0, 0.05) is 19.2 Å². The summed E-state index contributed by atoms with van der Waals surface area (Å²) in [5.41, 5.74) is 0.651. The van der Waals surface area contributed by atoms with Gasteiger partial charge in [-0.25, -0.2) is 4.79 Å². The van der Waals surface area contributed by atoms with E-state index in [1.54, 1.807) is 4.40 Å². The van der Waals surface area contributed by atoms with E-state index in [0.717, 1.165) is 31.9 Å². The largest absolute Gasteiger partial charge is 0.478 e. The van der Waals surface area contributed by atoms with Crippen molar-refractivity contribution in [2.75, 3.05) is 19.6 Å². The number of hydrogen-bond donors (Lipinski definition) is 1. The number of fused-ring (bicyclic) bond motifs is 1. The van der Waals surface area contributed by atoms with Crippen molar-refractivity contribution in [3.63, 3.8) is 0 Å². The maximum Gasteiger partial charge on any atom is 0.337 e. The number of nitrogens with zero attached hydrogens (tertiary/aromatic N) is 4. The molecule has 3 rings (SSSR count). The highest BCUT2D eigenvalue weighted by Gasteiger charge is 2.16. The molecule has 0 aliphatic carbocycles. The SMILES string of the molecule is O=C(O)c1cc(Cl)c2nnc(CCN3CCCC3)n2c1. The van der Waals surface area contributed by atoms with E-state index in [4.69, 9.17) is 16.7 Å². The minimum atomic E-state index is -1.01. The predicted octanol–water partition coefficient (Wildman–Crippen LogP) is 1.72. The molecule has 0 atom stereocenters. The summed E-state index contributed by atoms with van der Waals surface area (Å²) in [6.45, 7) is 3.16. The van der Waals surface area contributed by atoms with Gasteiger partial charge < -0.3 is 10.0 Å². The Balaban J connectivity index is 1.88. The summed E-state index contributed by atoms with van der Waals surface area (Å²) in [4.78, 5) is 13.5. The average Bonchev–Trinajstić information content (AvgIpc) is 3.05. The number of aromatic carboxylic acids is 1. The van der Waals surface area contributed by atoms with E-state index in [9.17, 15) is 4.79 Å². The van der Waals surface area contributed by atoms with E-state index in [0.29, 0.717) is 10.7 Å². The van der Waals surface area contributed by atoms with Gasteiger partial charge in [-0.2, -0.15) is 0 Å². The van der Waals surface area contributed by atoms with Crippen LogP contribution in [0.1, 0.15) is 29.0 Å². The van der Waals surface area contributed by atoms with Crippen LogP contribution in [0.2, 0.25) is 5.02 Å². The number of carbonyl (C=O) groups is 1. The number of halogens is 1. The topological polar surface area (TPSA) is 70.7 Å². The summed E-state index contributed by atoms with van der Waals surface area (Å²) in [6.07, 6.45) is 4.76. The first-order valence-corrected chi connectivity index (χ1v) is 7.02. The van der Waals surface area contributed by atoms with Crippen LogP contribution in [-0.4, -0.2) is 50.2 Å². The summed E-state index contributed by atoms with van der Waals surface area (Å²) < 4.78 is 1.68. The number of likely N-dealkylation sites (tertiary alicyclic amines) is 1. The lowest BCUT2D eigenvalue weighted by atomic mass is 10.3. The molecule has 0 aromatic carbocycles. The smallest absolute Gasteiger partial charge is 0.337 e. The van der Waals surface area contributed by atoms with E-state index in [-0.39, 0.29) is 5.56 Å². The monoisotopic (exact) mass is 294 g/mol. The van der Waals surface area contributed by atoms with E-state index < -0.39 is 5.97 Å². The molecule has 1 saturated heterocycles. The van der Waals surface area contributed by atoms with Crippen LogP contribution in [0.5, 0.6) is 0 Å². The van der Waals surface area contributed by atoms with Gasteiger partial charge in [0.1, 0.15) is 5.82 Å². The molecule has 1 N–H and O–H groups in total. The summed E-state index contributed by atoms with van der Waals surface area (Å²) in [6, 6.07) is 1.40. The lowest BCUT2D eigenvalue weighted by Crippen LogP contribution is -2.22. The molecule has 3 heterocycles. The van der Waals surface area contributed by atoms with Crippen LogP contribution in [0.3, 0.4) is 0 Å². The van der Waals surface area contributed by atoms with Crippen molar-refractivity contribution in [2.24, 2.45) is 0 Å². The van der Waals surface area contributed by atoms with Gasteiger partial charge >= 0.3 is 5.97 Å². The molecular formula is C13H15ClN4O2. The van der Waals surface area contributed by atoms with Crippen molar-refractivity contribution in [2.45, 2.75) is 19.3 Å². The maximum absolute atomic E-state index is 11.1. The Bertz CT molecular complexity index is 649. The van der Waals surface area contributed by atoms with Crippen LogP contribution in [0.15, 0.2) is 12.3 Å². The highest BCUT2D eigenvalue weighted by Crippen LogP contribution is 2.19. The lowest BCUT2D eigenvalue weighted by molar-refractivity contribution is 0.0696. The molecule has 1 aliphatic rings. The normalized spacial score (nSPS) is 16.1. The second-order valence-corrected chi connectivity index (χ2v) is 5.40. The van der Waals surface area contributed by atoms with Crippen LogP contribution >= 0.6 is 11.6 Å². The molecular weight excluding hydrogens is 280 g/mol. The van der Waals surface area contributed by atoms with E-state index in [2.05, 4.69) is 15.1 Å². The highest BCUT2D eigenvalue weighted by atomic mass is 35.5. The number of rotatable bonds is 4. The zero-order valence-electron chi connectivity index (χ0n) is 10.9. The average molecular weight is 295 g/mol. The maximum atomic E-state index is 11.1. The van der Waals surface area contributed by atoms with E-state index >= 15 is 0 Å². The zero-order valence-corrected chi connectivity index (χ0v) is 11.7. The third kappa shape index (κ3) is 2.48. The molecule has 1 fully saturated rings. The van der Waals surface area contributed by atoms with Crippen LogP contribution in [0, 0.1) is 0 Å². The van der Waals surface area contributed by atoms with E-state index in [1.165, 1.54) is 25.1 Å². The highest BCUT2D eigenvalue weighted by molar-refractivity contribution is 6.33. The fourth-order valence-corrected chi connectivity index (χ4v) is 2.80. The fourth-order valence-electron chi connectivity index (χ4n) is 2.55. The number of pyridine rings is 1. The first-order valence-electron chi connectivity index (χ1n) is 6.64. The van der Waals surface area contributed by atoms with Gasteiger partial charge in [0.05, 0.1) is 10.6 Å². The van der Waals surface area contributed by atoms with Gasteiger partial charge in [-0.1, -0.05) is 11.6 Å². The van der Waals surface area contributed by atoms with Crippen LogP contribution in [0.4, 0.5) is 0 Å². The molecule has 1 aliphatic heterocycles. The molecule has 20 heavy (non-hydrogen) atoms. The fraction of sp³-hybridized carbons (Fsp3) is 0.462. The standard InChI is InChI=1S/C13H15ClN4O2/c14-10-7-9(13(19)20)8-18-11(15-16-12(10)18)3-6-17-4-1-2-5-17/h7-8H,1-6H2,(H,19,20). The third-order valence-corrected chi connectivity index (χ3v) is 3.91. The Hall–Kier alpha value is -1.66. The van der Waals surface area contributed by atoms with Crippen molar-refractivity contribution in [3.8, 4) is 0 Å². The Morgan fingerprint density at radius 2 is 2.10 bits per heavy atom. The first-order chi connectivity index (χ1) is 9.65.